The molecule has 0 spiro atoms. The van der Waals surface area contributed by atoms with E-state index in [9.17, 15) is 4.79 Å². The van der Waals surface area contributed by atoms with E-state index < -0.39 is 0 Å². The molecule has 0 aliphatic rings. The lowest BCUT2D eigenvalue weighted by atomic mass is 10.1. The van der Waals surface area contributed by atoms with Crippen LogP contribution >= 0.6 is 0 Å². The van der Waals surface area contributed by atoms with E-state index in [4.69, 9.17) is 19.0 Å². The van der Waals surface area contributed by atoms with Crippen molar-refractivity contribution in [3.05, 3.63) is 83.2 Å². The third-order valence-corrected chi connectivity index (χ3v) is 5.81. The monoisotopic (exact) mass is 459 g/mol. The smallest absolute Gasteiger partial charge is 0.272 e. The van der Waals surface area contributed by atoms with Gasteiger partial charge in [-0.05, 0) is 61.7 Å². The molecule has 0 aliphatic heterocycles. The zero-order chi connectivity index (χ0) is 24.2. The first-order chi connectivity index (χ1) is 16.4. The quantitative estimate of drug-likeness (QED) is 0.367. The van der Waals surface area contributed by atoms with Crippen LogP contribution in [-0.2, 0) is 6.42 Å². The fraction of sp³-hybridized carbons (Fsp3) is 0.259. The zero-order valence-electron chi connectivity index (χ0n) is 20.2. The molecule has 176 valence electrons. The first-order valence-corrected chi connectivity index (χ1v) is 11.1. The average molecular weight is 460 g/mol. The number of carbonyl (C=O) groups excluding carboxylic acids is 1. The summed E-state index contributed by atoms with van der Waals surface area (Å²) in [6.07, 6.45) is 2.27. The second-order valence-corrected chi connectivity index (χ2v) is 8.26. The average Bonchev–Trinajstić information content (AvgIpc) is 3.52. The molecule has 2 aromatic heterocycles. The molecule has 2 heterocycles. The molecule has 2 aromatic carbocycles. The van der Waals surface area contributed by atoms with E-state index in [2.05, 4.69) is 6.07 Å². The van der Waals surface area contributed by atoms with Gasteiger partial charge < -0.3 is 18.8 Å². The molecule has 4 rings (SSSR count). The molecule has 0 bridgehead atoms. The topological polar surface area (TPSA) is 69.7 Å². The molecule has 0 aliphatic carbocycles. The van der Waals surface area contributed by atoms with E-state index in [1.54, 1.807) is 43.2 Å². The molecular weight excluding hydrogens is 430 g/mol. The SMILES string of the molecule is COc1ccc(CCN(C)C(=O)c2cc(-c3ccco3)nn2-c2ccc(C)cc2C)cc1OC. The van der Waals surface area contributed by atoms with Gasteiger partial charge in [-0.3, -0.25) is 4.79 Å². The minimum atomic E-state index is -0.120. The largest absolute Gasteiger partial charge is 0.493 e. The lowest BCUT2D eigenvalue weighted by Gasteiger charge is -2.19. The minimum Gasteiger partial charge on any atom is -0.493 e. The second kappa shape index (κ2) is 9.87. The third-order valence-electron chi connectivity index (χ3n) is 5.81. The van der Waals surface area contributed by atoms with Gasteiger partial charge in [0.15, 0.2) is 17.3 Å². The number of ether oxygens (including phenoxy) is 2. The summed E-state index contributed by atoms with van der Waals surface area (Å²) in [6.45, 7) is 4.59. The van der Waals surface area contributed by atoms with Crippen LogP contribution in [0.15, 0.2) is 65.3 Å². The van der Waals surface area contributed by atoms with Gasteiger partial charge in [0.2, 0.25) is 0 Å². The molecule has 0 saturated heterocycles. The summed E-state index contributed by atoms with van der Waals surface area (Å²) in [5.74, 6) is 1.85. The first-order valence-electron chi connectivity index (χ1n) is 11.1. The third kappa shape index (κ3) is 4.69. The van der Waals surface area contributed by atoms with Gasteiger partial charge in [-0.1, -0.05) is 23.8 Å². The number of methoxy groups -OCH3 is 2. The van der Waals surface area contributed by atoms with Gasteiger partial charge in [0.05, 0.1) is 26.2 Å². The number of benzene rings is 2. The summed E-state index contributed by atoms with van der Waals surface area (Å²) in [5.41, 5.74) is 5.20. The number of aryl methyl sites for hydroxylation is 2. The molecule has 34 heavy (non-hydrogen) atoms. The Balaban J connectivity index is 1.61. The Hall–Kier alpha value is -4.00. The van der Waals surface area contributed by atoms with Crippen molar-refractivity contribution < 1.29 is 18.7 Å². The van der Waals surface area contributed by atoms with Crippen LogP contribution in [0.4, 0.5) is 0 Å². The number of carbonyl (C=O) groups is 1. The summed E-state index contributed by atoms with van der Waals surface area (Å²) in [7, 11) is 5.02. The van der Waals surface area contributed by atoms with Crippen LogP contribution in [0.3, 0.4) is 0 Å². The van der Waals surface area contributed by atoms with E-state index in [-0.39, 0.29) is 5.91 Å². The molecular formula is C27H29N3O4. The van der Waals surface area contributed by atoms with Gasteiger partial charge in [-0.25, -0.2) is 4.68 Å². The molecule has 7 nitrogen and oxygen atoms in total. The fourth-order valence-electron chi connectivity index (χ4n) is 3.93. The molecule has 0 fully saturated rings. The van der Waals surface area contributed by atoms with Crippen molar-refractivity contribution in [3.63, 3.8) is 0 Å². The Morgan fingerprint density at radius 1 is 1.03 bits per heavy atom. The Labute approximate surface area is 199 Å². The van der Waals surface area contributed by atoms with Gasteiger partial charge in [-0.15, -0.1) is 0 Å². The van der Waals surface area contributed by atoms with E-state index in [0.29, 0.717) is 41.6 Å². The van der Waals surface area contributed by atoms with Gasteiger partial charge in [-0.2, -0.15) is 5.10 Å². The number of amides is 1. The highest BCUT2D eigenvalue weighted by Crippen LogP contribution is 2.28. The van der Waals surface area contributed by atoms with Crippen molar-refractivity contribution in [1.82, 2.24) is 14.7 Å². The van der Waals surface area contributed by atoms with Gasteiger partial charge in [0.1, 0.15) is 11.4 Å². The fourth-order valence-corrected chi connectivity index (χ4v) is 3.93. The Kier molecular flexibility index (Phi) is 6.72. The zero-order valence-corrected chi connectivity index (χ0v) is 20.2. The second-order valence-electron chi connectivity index (χ2n) is 8.26. The molecule has 0 saturated carbocycles. The van der Waals surface area contributed by atoms with Crippen LogP contribution in [0.2, 0.25) is 0 Å². The predicted molar refractivity (Wildman–Crippen MR) is 131 cm³/mol. The van der Waals surface area contributed by atoms with E-state index >= 15 is 0 Å². The molecule has 7 heteroatoms. The number of nitrogens with zero attached hydrogens (tertiary/aromatic N) is 3. The molecule has 1 amide bonds. The highest BCUT2D eigenvalue weighted by molar-refractivity contribution is 5.94. The van der Waals surface area contributed by atoms with Gasteiger partial charge in [0.25, 0.3) is 5.91 Å². The summed E-state index contributed by atoms with van der Waals surface area (Å²) in [5, 5.41) is 4.72. The standard InChI is InChI=1S/C27H29N3O4/c1-18-8-10-22(19(2)15-18)30-23(17-21(28-30)24-7-6-14-34-24)27(31)29(3)13-12-20-9-11-25(32-4)26(16-20)33-5/h6-11,14-17H,12-13H2,1-5H3. The summed E-state index contributed by atoms with van der Waals surface area (Å²) in [6, 6.07) is 17.3. The molecule has 0 N–H and O–H groups in total. The maximum atomic E-state index is 13.5. The summed E-state index contributed by atoms with van der Waals surface area (Å²) >= 11 is 0. The van der Waals surface area contributed by atoms with Crippen molar-refractivity contribution >= 4 is 5.91 Å². The first kappa shape index (κ1) is 23.2. The van der Waals surface area contributed by atoms with Crippen LogP contribution in [0.5, 0.6) is 11.5 Å². The molecule has 0 atom stereocenters. The number of rotatable bonds is 8. The maximum Gasteiger partial charge on any atom is 0.272 e. The highest BCUT2D eigenvalue weighted by Gasteiger charge is 2.22. The normalized spacial score (nSPS) is 10.9. The maximum absolute atomic E-state index is 13.5. The molecule has 0 unspecified atom stereocenters. The Morgan fingerprint density at radius 2 is 1.82 bits per heavy atom. The van der Waals surface area contributed by atoms with Crippen LogP contribution < -0.4 is 9.47 Å². The predicted octanol–water partition coefficient (Wildman–Crippen LogP) is 5.08. The number of hydrogen-bond acceptors (Lipinski definition) is 5. The van der Waals surface area contributed by atoms with Crippen LogP contribution in [0.1, 0.15) is 27.2 Å². The van der Waals surface area contributed by atoms with E-state index in [1.807, 2.05) is 56.3 Å². The minimum absolute atomic E-state index is 0.120. The molecule has 4 aromatic rings. The van der Waals surface area contributed by atoms with Crippen molar-refractivity contribution in [1.29, 1.82) is 0 Å². The summed E-state index contributed by atoms with van der Waals surface area (Å²) in [4.78, 5) is 15.2. The Morgan fingerprint density at radius 3 is 2.50 bits per heavy atom. The Bertz CT molecular complexity index is 1290. The van der Waals surface area contributed by atoms with Crippen molar-refractivity contribution in [2.75, 3.05) is 27.8 Å². The van der Waals surface area contributed by atoms with E-state index in [1.165, 1.54) is 0 Å². The van der Waals surface area contributed by atoms with Crippen molar-refractivity contribution in [2.45, 2.75) is 20.3 Å². The number of likely N-dealkylation sites (N-methyl/N-ethyl adjacent to an activating group) is 1. The highest BCUT2D eigenvalue weighted by atomic mass is 16.5. The lowest BCUT2D eigenvalue weighted by Crippen LogP contribution is -2.30. The molecule has 0 radical (unpaired) electrons. The lowest BCUT2D eigenvalue weighted by molar-refractivity contribution is 0.0787. The van der Waals surface area contributed by atoms with E-state index in [0.717, 1.165) is 22.4 Å². The van der Waals surface area contributed by atoms with Crippen LogP contribution in [-0.4, -0.2) is 48.4 Å². The van der Waals surface area contributed by atoms with Crippen molar-refractivity contribution in [3.8, 4) is 28.6 Å². The van der Waals surface area contributed by atoms with Crippen LogP contribution in [0, 0.1) is 13.8 Å². The van der Waals surface area contributed by atoms with Gasteiger partial charge in [0, 0.05) is 19.7 Å². The van der Waals surface area contributed by atoms with Crippen LogP contribution in [0.25, 0.3) is 17.1 Å². The number of furan rings is 1. The van der Waals surface area contributed by atoms with Gasteiger partial charge >= 0.3 is 0 Å². The number of hydrogen-bond donors (Lipinski definition) is 0. The van der Waals surface area contributed by atoms with Crippen molar-refractivity contribution in [2.24, 2.45) is 0 Å². The summed E-state index contributed by atoms with van der Waals surface area (Å²) < 4.78 is 18.0. The number of aromatic nitrogens is 2.